The van der Waals surface area contributed by atoms with Gasteiger partial charge in [0.05, 0.1) is 42.1 Å². The van der Waals surface area contributed by atoms with Crippen LogP contribution >= 0.6 is 0 Å². The van der Waals surface area contributed by atoms with Gasteiger partial charge in [-0.3, -0.25) is 9.78 Å². The van der Waals surface area contributed by atoms with Crippen LogP contribution in [0.2, 0.25) is 0 Å². The maximum absolute atomic E-state index is 13.9. The number of hydrogen-bond acceptors (Lipinski definition) is 7. The summed E-state index contributed by atoms with van der Waals surface area (Å²) in [6, 6.07) is 8.40. The topological polar surface area (TPSA) is 107 Å². The molecule has 2 unspecified atom stereocenters. The second-order valence-corrected chi connectivity index (χ2v) is 8.83. The number of aromatic nitrogens is 4. The number of hydrogen-bond donors (Lipinski definition) is 1. The van der Waals surface area contributed by atoms with E-state index >= 15 is 0 Å². The van der Waals surface area contributed by atoms with Gasteiger partial charge in [0.25, 0.3) is 5.91 Å². The first kappa shape index (κ1) is 24.6. The van der Waals surface area contributed by atoms with Crippen LogP contribution in [-0.2, 0) is 24.1 Å². The van der Waals surface area contributed by atoms with E-state index in [1.165, 1.54) is 11.0 Å². The molecule has 4 aromatic rings. The number of anilines is 1. The van der Waals surface area contributed by atoms with Crippen LogP contribution in [-0.4, -0.2) is 30.7 Å². The van der Waals surface area contributed by atoms with Crippen molar-refractivity contribution in [1.82, 2.24) is 24.8 Å². The van der Waals surface area contributed by atoms with Gasteiger partial charge in [0.15, 0.2) is 0 Å². The summed E-state index contributed by atoms with van der Waals surface area (Å²) in [5.41, 5.74) is 8.29. The number of alkyl halides is 3. The number of ether oxygens (including phenoxy) is 1. The summed E-state index contributed by atoms with van der Waals surface area (Å²) in [6.45, 7) is 3.95. The number of nitrogens with two attached hydrogens (primary N) is 1. The Bertz CT molecular complexity index is 1460. The number of nitrogens with zero attached hydrogens (tertiary/aromatic N) is 5. The van der Waals surface area contributed by atoms with Crippen LogP contribution in [0.15, 0.2) is 55.0 Å². The summed E-state index contributed by atoms with van der Waals surface area (Å²) in [5.74, 6) is 0.429. The van der Waals surface area contributed by atoms with E-state index in [0.29, 0.717) is 35.0 Å². The van der Waals surface area contributed by atoms with Crippen molar-refractivity contribution in [3.05, 3.63) is 88.8 Å². The summed E-state index contributed by atoms with van der Waals surface area (Å²) in [6.07, 6.45) is -0.819. The molecule has 190 valence electrons. The Balaban J connectivity index is 1.54. The Morgan fingerprint density at radius 2 is 1.95 bits per heavy atom. The number of halogens is 3. The molecule has 2 N–H and O–H groups in total. The number of nitrogen functional groups attached to an aromatic ring is 1. The van der Waals surface area contributed by atoms with Gasteiger partial charge in [0.2, 0.25) is 0 Å². The highest BCUT2D eigenvalue weighted by atomic mass is 19.4. The van der Waals surface area contributed by atoms with Crippen LogP contribution in [0, 0.1) is 0 Å². The number of amides is 1. The minimum Gasteiger partial charge on any atom is -0.383 e. The van der Waals surface area contributed by atoms with Crippen LogP contribution in [0.3, 0.4) is 0 Å². The van der Waals surface area contributed by atoms with Crippen LogP contribution in [0.25, 0.3) is 10.9 Å². The van der Waals surface area contributed by atoms with Gasteiger partial charge in [0, 0.05) is 35.1 Å². The highest BCUT2D eigenvalue weighted by Gasteiger charge is 2.32. The van der Waals surface area contributed by atoms with E-state index in [1.807, 2.05) is 6.92 Å². The van der Waals surface area contributed by atoms with E-state index in [2.05, 4.69) is 19.9 Å². The molecular formula is C26H23F3N6O2. The molecule has 0 saturated heterocycles. The first-order chi connectivity index (χ1) is 17.6. The monoisotopic (exact) mass is 508 g/mol. The van der Waals surface area contributed by atoms with Crippen molar-refractivity contribution in [2.24, 2.45) is 0 Å². The van der Waals surface area contributed by atoms with Gasteiger partial charge in [-0.05, 0) is 55.8 Å². The van der Waals surface area contributed by atoms with E-state index in [0.717, 1.165) is 28.8 Å². The van der Waals surface area contributed by atoms with Gasteiger partial charge in [-0.25, -0.2) is 15.0 Å². The molecule has 5 rings (SSSR count). The zero-order chi connectivity index (χ0) is 26.3. The van der Waals surface area contributed by atoms with Crippen molar-refractivity contribution < 1.29 is 22.7 Å². The summed E-state index contributed by atoms with van der Waals surface area (Å²) in [7, 11) is 0. The van der Waals surface area contributed by atoms with Crippen LogP contribution in [0.5, 0.6) is 0 Å². The molecule has 0 fully saturated rings. The van der Waals surface area contributed by atoms with Crippen LogP contribution in [0.1, 0.15) is 64.6 Å². The van der Waals surface area contributed by atoms with Gasteiger partial charge in [0.1, 0.15) is 11.6 Å². The molecule has 8 nitrogen and oxygen atoms in total. The quantitative estimate of drug-likeness (QED) is 0.404. The molecule has 3 aromatic heterocycles. The Kier molecular flexibility index (Phi) is 6.24. The fourth-order valence-corrected chi connectivity index (χ4v) is 4.48. The number of carbonyl (C=O) groups excluding carboxylic acids is 1. The van der Waals surface area contributed by atoms with E-state index < -0.39 is 17.8 Å². The molecular weight excluding hydrogens is 485 g/mol. The lowest BCUT2D eigenvalue weighted by atomic mass is 9.99. The Labute approximate surface area is 210 Å². The molecule has 2 atom stereocenters. The molecule has 0 bridgehead atoms. The van der Waals surface area contributed by atoms with Crippen molar-refractivity contribution in [2.45, 2.75) is 45.3 Å². The van der Waals surface area contributed by atoms with Crippen LogP contribution in [0.4, 0.5) is 19.0 Å². The third-order valence-corrected chi connectivity index (χ3v) is 6.47. The zero-order valence-electron chi connectivity index (χ0n) is 20.0. The lowest BCUT2D eigenvalue weighted by molar-refractivity contribution is -0.137. The third kappa shape index (κ3) is 4.69. The summed E-state index contributed by atoms with van der Waals surface area (Å²) in [5, 5.41) is 0.760. The van der Waals surface area contributed by atoms with Crippen molar-refractivity contribution in [2.75, 3.05) is 5.73 Å². The first-order valence-electron chi connectivity index (χ1n) is 11.6. The zero-order valence-corrected chi connectivity index (χ0v) is 20.0. The molecule has 37 heavy (non-hydrogen) atoms. The van der Waals surface area contributed by atoms with Crippen LogP contribution < -0.4 is 5.73 Å². The predicted molar refractivity (Wildman–Crippen MR) is 129 cm³/mol. The van der Waals surface area contributed by atoms with Gasteiger partial charge in [-0.2, -0.15) is 13.2 Å². The molecule has 0 aliphatic carbocycles. The molecule has 1 amide bonds. The average molecular weight is 509 g/mol. The third-order valence-electron chi connectivity index (χ3n) is 6.47. The molecule has 1 aliphatic rings. The number of benzene rings is 1. The fourth-order valence-electron chi connectivity index (χ4n) is 4.48. The van der Waals surface area contributed by atoms with Crippen molar-refractivity contribution >= 4 is 22.6 Å². The van der Waals surface area contributed by atoms with Crippen molar-refractivity contribution in [3.63, 3.8) is 0 Å². The Morgan fingerprint density at radius 3 is 2.62 bits per heavy atom. The minimum atomic E-state index is -4.50. The highest BCUT2D eigenvalue weighted by molar-refractivity contribution is 5.99. The minimum absolute atomic E-state index is 0.0489. The molecule has 0 radical (unpaired) electrons. The smallest absolute Gasteiger partial charge is 0.383 e. The normalized spacial score (nSPS) is 16.0. The summed E-state index contributed by atoms with van der Waals surface area (Å²) >= 11 is 0. The fraction of sp³-hybridized carbons (Fsp3) is 0.269. The number of fused-ring (bicyclic) bond motifs is 3. The van der Waals surface area contributed by atoms with Gasteiger partial charge >= 0.3 is 6.18 Å². The lowest BCUT2D eigenvalue weighted by Crippen LogP contribution is -2.34. The highest BCUT2D eigenvalue weighted by Crippen LogP contribution is 2.38. The second-order valence-electron chi connectivity index (χ2n) is 8.83. The SMILES string of the molecule is CC1OCc2c1c(N)nc1ccc(C(=O)N(Cc3ccc(C(F)(F)F)cn3)C(C)c3ncccn3)cc21. The van der Waals surface area contributed by atoms with E-state index in [1.54, 1.807) is 43.6 Å². The molecule has 0 spiro atoms. The Hall–Kier alpha value is -4.12. The molecule has 4 heterocycles. The van der Waals surface area contributed by atoms with E-state index in [4.69, 9.17) is 10.5 Å². The van der Waals surface area contributed by atoms with Crippen molar-refractivity contribution in [3.8, 4) is 0 Å². The van der Waals surface area contributed by atoms with E-state index in [-0.39, 0.29) is 18.6 Å². The largest absolute Gasteiger partial charge is 0.417 e. The predicted octanol–water partition coefficient (Wildman–Crippen LogP) is 5.02. The lowest BCUT2D eigenvalue weighted by Gasteiger charge is -2.28. The molecule has 0 saturated carbocycles. The first-order valence-corrected chi connectivity index (χ1v) is 11.6. The van der Waals surface area contributed by atoms with Crippen molar-refractivity contribution in [1.29, 1.82) is 0 Å². The number of rotatable bonds is 5. The molecule has 11 heteroatoms. The number of carbonyl (C=O) groups is 1. The van der Waals surface area contributed by atoms with E-state index in [9.17, 15) is 18.0 Å². The van der Waals surface area contributed by atoms with Gasteiger partial charge < -0.3 is 15.4 Å². The van der Waals surface area contributed by atoms with Gasteiger partial charge in [-0.15, -0.1) is 0 Å². The average Bonchev–Trinajstić information content (AvgIpc) is 3.29. The maximum Gasteiger partial charge on any atom is 0.417 e. The Morgan fingerprint density at radius 1 is 1.19 bits per heavy atom. The molecule has 1 aromatic carbocycles. The molecule has 1 aliphatic heterocycles. The summed E-state index contributed by atoms with van der Waals surface area (Å²) in [4.78, 5) is 32.3. The maximum atomic E-state index is 13.9. The number of pyridine rings is 2. The second kappa shape index (κ2) is 9.40. The standard InChI is InChI=1S/C26H23F3N6O2/c1-14(24-31-8-3-9-32-24)35(12-18-6-5-17(11-33-18)26(27,28)29)25(36)16-4-7-21-19(10-16)20-13-37-15(2)22(20)23(30)34-21/h3-11,14-15H,12-13H2,1-2H3,(H2,30,34). The van der Waals surface area contributed by atoms with Gasteiger partial charge in [-0.1, -0.05) is 0 Å². The summed E-state index contributed by atoms with van der Waals surface area (Å²) < 4.78 is 44.8.